The third kappa shape index (κ3) is 5.41. The van der Waals surface area contributed by atoms with Crippen LogP contribution in [0.15, 0.2) is 48.5 Å². The van der Waals surface area contributed by atoms with Crippen LogP contribution in [0.25, 0.3) is 11.4 Å². The SMILES string of the molecule is Cc1cccc(NC(=O)NCC(=O)Nc2ccccc2-c2n[nH]c(C(C)C)n2)c1. The van der Waals surface area contributed by atoms with Crippen molar-refractivity contribution in [2.75, 3.05) is 17.2 Å². The van der Waals surface area contributed by atoms with E-state index in [4.69, 9.17) is 0 Å². The number of nitrogens with zero attached hydrogens (tertiary/aromatic N) is 2. The number of aromatic nitrogens is 3. The molecule has 3 amide bonds. The average Bonchev–Trinajstić information content (AvgIpc) is 3.17. The van der Waals surface area contributed by atoms with E-state index in [2.05, 4.69) is 31.1 Å². The fourth-order valence-corrected chi connectivity index (χ4v) is 2.69. The number of aryl methyl sites for hydroxylation is 1. The quantitative estimate of drug-likeness (QED) is 0.513. The zero-order valence-corrected chi connectivity index (χ0v) is 16.6. The summed E-state index contributed by atoms with van der Waals surface area (Å²) in [6, 6.07) is 14.2. The lowest BCUT2D eigenvalue weighted by Gasteiger charge is -2.11. The van der Waals surface area contributed by atoms with Crippen LogP contribution < -0.4 is 16.0 Å². The van der Waals surface area contributed by atoms with E-state index in [0.717, 1.165) is 11.4 Å². The van der Waals surface area contributed by atoms with E-state index in [0.29, 0.717) is 22.8 Å². The zero-order chi connectivity index (χ0) is 20.8. The minimum Gasteiger partial charge on any atom is -0.329 e. The number of hydrogen-bond donors (Lipinski definition) is 4. The minimum atomic E-state index is -0.449. The van der Waals surface area contributed by atoms with Crippen molar-refractivity contribution in [2.45, 2.75) is 26.7 Å². The van der Waals surface area contributed by atoms with Crippen LogP contribution in [0.3, 0.4) is 0 Å². The molecule has 1 heterocycles. The second kappa shape index (κ2) is 9.01. The molecular formula is C21H24N6O2. The fraction of sp³-hybridized carbons (Fsp3) is 0.238. The molecule has 0 radical (unpaired) electrons. The maximum atomic E-state index is 12.3. The number of benzene rings is 2. The Morgan fingerprint density at radius 1 is 1.07 bits per heavy atom. The Morgan fingerprint density at radius 3 is 2.59 bits per heavy atom. The molecule has 1 aromatic heterocycles. The van der Waals surface area contributed by atoms with Crippen molar-refractivity contribution in [3.05, 3.63) is 59.9 Å². The molecule has 0 aliphatic heterocycles. The Balaban J connectivity index is 1.60. The first-order chi connectivity index (χ1) is 13.9. The molecule has 29 heavy (non-hydrogen) atoms. The Bertz CT molecular complexity index is 1010. The summed E-state index contributed by atoms with van der Waals surface area (Å²) in [7, 11) is 0. The third-order valence-corrected chi connectivity index (χ3v) is 4.18. The van der Waals surface area contributed by atoms with E-state index >= 15 is 0 Å². The highest BCUT2D eigenvalue weighted by Crippen LogP contribution is 2.25. The van der Waals surface area contributed by atoms with Gasteiger partial charge in [-0.05, 0) is 36.8 Å². The Morgan fingerprint density at radius 2 is 1.86 bits per heavy atom. The van der Waals surface area contributed by atoms with Crippen molar-refractivity contribution in [3.63, 3.8) is 0 Å². The van der Waals surface area contributed by atoms with Gasteiger partial charge in [0.2, 0.25) is 5.91 Å². The topological polar surface area (TPSA) is 112 Å². The van der Waals surface area contributed by atoms with Crippen molar-refractivity contribution in [3.8, 4) is 11.4 Å². The molecular weight excluding hydrogens is 368 g/mol. The van der Waals surface area contributed by atoms with Gasteiger partial charge in [-0.25, -0.2) is 9.78 Å². The molecule has 0 spiro atoms. The Hall–Kier alpha value is -3.68. The van der Waals surface area contributed by atoms with Crippen LogP contribution in [0.2, 0.25) is 0 Å². The van der Waals surface area contributed by atoms with E-state index < -0.39 is 6.03 Å². The number of urea groups is 1. The number of nitrogens with one attached hydrogen (secondary N) is 4. The number of anilines is 2. The van der Waals surface area contributed by atoms with Gasteiger partial charge in [0, 0.05) is 17.2 Å². The van der Waals surface area contributed by atoms with Gasteiger partial charge in [-0.2, -0.15) is 5.10 Å². The fourth-order valence-electron chi connectivity index (χ4n) is 2.69. The number of amides is 3. The number of rotatable bonds is 6. The molecule has 0 saturated heterocycles. The summed E-state index contributed by atoms with van der Waals surface area (Å²) in [5.74, 6) is 1.15. The van der Waals surface area contributed by atoms with Crippen molar-refractivity contribution < 1.29 is 9.59 Å². The first kappa shape index (κ1) is 20.1. The van der Waals surface area contributed by atoms with Crippen molar-refractivity contribution in [1.29, 1.82) is 0 Å². The molecule has 8 nitrogen and oxygen atoms in total. The summed E-state index contributed by atoms with van der Waals surface area (Å²) in [6.45, 7) is 5.81. The molecule has 3 aromatic rings. The summed E-state index contributed by atoms with van der Waals surface area (Å²) >= 11 is 0. The van der Waals surface area contributed by atoms with E-state index in [1.807, 2.05) is 57.2 Å². The largest absolute Gasteiger partial charge is 0.329 e. The van der Waals surface area contributed by atoms with E-state index in [1.54, 1.807) is 12.1 Å². The number of aromatic amines is 1. The Kier molecular flexibility index (Phi) is 6.23. The first-order valence-corrected chi connectivity index (χ1v) is 9.35. The van der Waals surface area contributed by atoms with Gasteiger partial charge in [-0.1, -0.05) is 38.1 Å². The average molecular weight is 392 g/mol. The van der Waals surface area contributed by atoms with Gasteiger partial charge < -0.3 is 16.0 Å². The zero-order valence-electron chi connectivity index (χ0n) is 16.6. The molecule has 3 rings (SSSR count). The molecule has 0 saturated carbocycles. The third-order valence-electron chi connectivity index (χ3n) is 4.18. The lowest BCUT2D eigenvalue weighted by atomic mass is 10.1. The summed E-state index contributed by atoms with van der Waals surface area (Å²) in [5.41, 5.74) is 2.98. The number of carbonyl (C=O) groups is 2. The highest BCUT2D eigenvalue weighted by Gasteiger charge is 2.14. The van der Waals surface area contributed by atoms with Crippen LogP contribution in [-0.4, -0.2) is 33.7 Å². The second-order valence-corrected chi connectivity index (χ2v) is 6.97. The standard InChI is InChI=1S/C21H24N6O2/c1-13(2)19-25-20(27-26-19)16-9-4-5-10-17(16)24-18(28)12-22-21(29)23-15-8-6-7-14(3)11-15/h4-11,13H,12H2,1-3H3,(H,24,28)(H2,22,23,29)(H,25,26,27). The van der Waals surface area contributed by atoms with Gasteiger partial charge in [-0.3, -0.25) is 9.89 Å². The van der Waals surface area contributed by atoms with E-state index in [9.17, 15) is 9.59 Å². The molecule has 150 valence electrons. The van der Waals surface area contributed by atoms with Crippen LogP contribution in [0.4, 0.5) is 16.2 Å². The number of hydrogen-bond acceptors (Lipinski definition) is 4. The molecule has 0 bridgehead atoms. The maximum absolute atomic E-state index is 12.3. The highest BCUT2D eigenvalue weighted by molar-refractivity contribution is 5.99. The highest BCUT2D eigenvalue weighted by atomic mass is 16.2. The second-order valence-electron chi connectivity index (χ2n) is 6.97. The maximum Gasteiger partial charge on any atom is 0.319 e. The van der Waals surface area contributed by atoms with Crippen LogP contribution >= 0.6 is 0 Å². The predicted molar refractivity (Wildman–Crippen MR) is 113 cm³/mol. The molecule has 0 aliphatic carbocycles. The van der Waals surface area contributed by atoms with Crippen molar-refractivity contribution >= 4 is 23.3 Å². The van der Waals surface area contributed by atoms with Gasteiger partial charge in [0.05, 0.1) is 12.2 Å². The van der Waals surface area contributed by atoms with Gasteiger partial charge in [-0.15, -0.1) is 0 Å². The lowest BCUT2D eigenvalue weighted by molar-refractivity contribution is -0.115. The normalized spacial score (nSPS) is 10.6. The summed E-state index contributed by atoms with van der Waals surface area (Å²) in [4.78, 5) is 28.8. The minimum absolute atomic E-state index is 0.169. The molecule has 0 unspecified atom stereocenters. The molecule has 4 N–H and O–H groups in total. The summed E-state index contributed by atoms with van der Waals surface area (Å²) in [6.07, 6.45) is 0. The molecule has 8 heteroatoms. The van der Waals surface area contributed by atoms with Crippen molar-refractivity contribution in [1.82, 2.24) is 20.5 Å². The molecule has 2 aromatic carbocycles. The van der Waals surface area contributed by atoms with Gasteiger partial charge in [0.15, 0.2) is 5.82 Å². The number of para-hydroxylation sites is 1. The van der Waals surface area contributed by atoms with Crippen LogP contribution in [-0.2, 0) is 4.79 Å². The van der Waals surface area contributed by atoms with Gasteiger partial charge in [0.25, 0.3) is 0 Å². The summed E-state index contributed by atoms with van der Waals surface area (Å²) in [5, 5.41) is 15.2. The first-order valence-electron chi connectivity index (χ1n) is 9.35. The predicted octanol–water partition coefficient (Wildman–Crippen LogP) is 3.66. The van der Waals surface area contributed by atoms with Gasteiger partial charge >= 0.3 is 6.03 Å². The monoisotopic (exact) mass is 392 g/mol. The molecule has 0 aliphatic rings. The number of carbonyl (C=O) groups excluding carboxylic acids is 2. The smallest absolute Gasteiger partial charge is 0.319 e. The Labute approximate surface area is 169 Å². The van der Waals surface area contributed by atoms with E-state index in [1.165, 1.54) is 0 Å². The molecule has 0 fully saturated rings. The van der Waals surface area contributed by atoms with Gasteiger partial charge in [0.1, 0.15) is 5.82 Å². The van der Waals surface area contributed by atoms with E-state index in [-0.39, 0.29) is 18.4 Å². The van der Waals surface area contributed by atoms with Crippen molar-refractivity contribution in [2.24, 2.45) is 0 Å². The lowest BCUT2D eigenvalue weighted by Crippen LogP contribution is -2.35. The molecule has 0 atom stereocenters. The van der Waals surface area contributed by atoms with Crippen LogP contribution in [0.5, 0.6) is 0 Å². The summed E-state index contributed by atoms with van der Waals surface area (Å²) < 4.78 is 0. The van der Waals surface area contributed by atoms with Crippen LogP contribution in [0, 0.1) is 6.92 Å². The van der Waals surface area contributed by atoms with Crippen LogP contribution in [0.1, 0.15) is 31.2 Å². The number of H-pyrrole nitrogens is 1.